The van der Waals surface area contributed by atoms with Gasteiger partial charge in [-0.15, -0.1) is 0 Å². The molecule has 0 aliphatic carbocycles. The van der Waals surface area contributed by atoms with Crippen LogP contribution in [0, 0.1) is 6.92 Å². The van der Waals surface area contributed by atoms with Gasteiger partial charge in [-0.25, -0.2) is 0 Å². The van der Waals surface area contributed by atoms with Gasteiger partial charge < -0.3 is 4.90 Å². The molecule has 126 valence electrons. The average Bonchev–Trinajstić information content (AvgIpc) is 2.46. The van der Waals surface area contributed by atoms with Crippen LogP contribution in [0.25, 0.3) is 0 Å². The Morgan fingerprint density at radius 3 is 2.48 bits per heavy atom. The van der Waals surface area contributed by atoms with Crippen LogP contribution in [-0.4, -0.2) is 66.9 Å². The van der Waals surface area contributed by atoms with Crippen LogP contribution in [0.2, 0.25) is 0 Å². The number of piperidine rings is 1. The topological polar surface area (TPSA) is 26.8 Å². The first-order chi connectivity index (χ1) is 11.1. The maximum atomic E-state index is 13.0. The van der Waals surface area contributed by atoms with Gasteiger partial charge in [0.05, 0.1) is 0 Å². The summed E-state index contributed by atoms with van der Waals surface area (Å²) in [4.78, 5) is 19.6. The predicted molar refractivity (Wildman–Crippen MR) is 93.4 cm³/mol. The van der Waals surface area contributed by atoms with Crippen molar-refractivity contribution in [2.75, 3.05) is 40.3 Å². The van der Waals surface area contributed by atoms with Crippen LogP contribution in [0.3, 0.4) is 0 Å². The van der Waals surface area contributed by atoms with E-state index in [2.05, 4.69) is 30.0 Å². The maximum Gasteiger partial charge on any atom is 0.244 e. The third kappa shape index (κ3) is 3.59. The number of hydrogen-bond donors (Lipinski definition) is 0. The minimum Gasteiger partial charge on any atom is -0.338 e. The monoisotopic (exact) mass is 315 g/mol. The van der Waals surface area contributed by atoms with E-state index in [1.165, 1.54) is 37.9 Å². The first-order valence-electron chi connectivity index (χ1n) is 8.82. The highest BCUT2D eigenvalue weighted by atomic mass is 16.2. The number of hydrogen-bond acceptors (Lipinski definition) is 3. The highest BCUT2D eigenvalue weighted by Crippen LogP contribution is 2.27. The highest BCUT2D eigenvalue weighted by molar-refractivity contribution is 5.84. The molecule has 2 heterocycles. The Morgan fingerprint density at radius 1 is 1.17 bits per heavy atom. The fourth-order valence-corrected chi connectivity index (χ4v) is 3.82. The lowest BCUT2D eigenvalue weighted by molar-refractivity contribution is -0.144. The molecule has 0 bridgehead atoms. The Hall–Kier alpha value is -1.39. The quantitative estimate of drug-likeness (QED) is 0.853. The molecule has 2 fully saturated rings. The summed E-state index contributed by atoms with van der Waals surface area (Å²) in [7, 11) is 3.99. The highest BCUT2D eigenvalue weighted by Gasteiger charge is 2.38. The molecule has 0 radical (unpaired) electrons. The van der Waals surface area contributed by atoms with Crippen LogP contribution >= 0.6 is 0 Å². The van der Waals surface area contributed by atoms with Crippen molar-refractivity contribution in [3.05, 3.63) is 35.4 Å². The van der Waals surface area contributed by atoms with Gasteiger partial charge in [0.25, 0.3) is 0 Å². The number of rotatable bonds is 4. The SMILES string of the molecule is Cc1cccc([C@@H](C(=O)N2CC(N3CCCCC3)C2)N(C)C)c1. The van der Waals surface area contributed by atoms with Crippen LogP contribution in [0.4, 0.5) is 0 Å². The van der Waals surface area contributed by atoms with Gasteiger partial charge in [0.1, 0.15) is 6.04 Å². The molecule has 4 heteroatoms. The fraction of sp³-hybridized carbons (Fsp3) is 0.632. The van der Waals surface area contributed by atoms with E-state index >= 15 is 0 Å². The minimum atomic E-state index is -0.169. The molecule has 4 nitrogen and oxygen atoms in total. The second-order valence-electron chi connectivity index (χ2n) is 7.27. The Balaban J connectivity index is 1.64. The van der Waals surface area contributed by atoms with E-state index in [1.54, 1.807) is 0 Å². The number of benzene rings is 1. The van der Waals surface area contributed by atoms with Crippen LogP contribution in [0.5, 0.6) is 0 Å². The normalized spacial score (nSPS) is 21.3. The third-order valence-electron chi connectivity index (χ3n) is 5.19. The number of likely N-dealkylation sites (tertiary alicyclic amines) is 2. The zero-order valence-corrected chi connectivity index (χ0v) is 14.7. The van der Waals surface area contributed by atoms with E-state index in [-0.39, 0.29) is 11.9 Å². The fourth-order valence-electron chi connectivity index (χ4n) is 3.82. The van der Waals surface area contributed by atoms with Gasteiger partial charge in [0.15, 0.2) is 0 Å². The van der Waals surface area contributed by atoms with Crippen LogP contribution in [-0.2, 0) is 4.79 Å². The summed E-state index contributed by atoms with van der Waals surface area (Å²) in [6, 6.07) is 8.73. The van der Waals surface area contributed by atoms with Crippen molar-refractivity contribution in [2.45, 2.75) is 38.3 Å². The number of amides is 1. The summed E-state index contributed by atoms with van der Waals surface area (Å²) >= 11 is 0. The lowest BCUT2D eigenvalue weighted by Crippen LogP contribution is -2.63. The van der Waals surface area contributed by atoms with Crippen molar-refractivity contribution in [3.63, 3.8) is 0 Å². The third-order valence-corrected chi connectivity index (χ3v) is 5.19. The Morgan fingerprint density at radius 2 is 1.87 bits per heavy atom. The summed E-state index contributed by atoms with van der Waals surface area (Å²) in [5.41, 5.74) is 2.30. The van der Waals surface area contributed by atoms with Crippen molar-refractivity contribution in [1.82, 2.24) is 14.7 Å². The van der Waals surface area contributed by atoms with E-state index in [0.717, 1.165) is 18.7 Å². The molecule has 3 rings (SSSR count). The summed E-state index contributed by atoms with van der Waals surface area (Å²) in [5.74, 6) is 0.244. The number of carbonyl (C=O) groups excluding carboxylic acids is 1. The molecular formula is C19H29N3O. The Kier molecular flexibility index (Phi) is 5.02. The molecule has 0 spiro atoms. The molecule has 0 N–H and O–H groups in total. The lowest BCUT2D eigenvalue weighted by Gasteiger charge is -2.48. The van der Waals surface area contributed by atoms with Crippen LogP contribution in [0.1, 0.15) is 36.4 Å². The molecule has 1 aromatic rings. The van der Waals surface area contributed by atoms with Crippen molar-refractivity contribution in [3.8, 4) is 0 Å². The van der Waals surface area contributed by atoms with Crippen molar-refractivity contribution < 1.29 is 4.79 Å². The van der Waals surface area contributed by atoms with Gasteiger partial charge in [-0.3, -0.25) is 14.6 Å². The summed E-state index contributed by atoms with van der Waals surface area (Å²) in [6.45, 7) is 6.30. The van der Waals surface area contributed by atoms with Crippen molar-refractivity contribution >= 4 is 5.91 Å². The smallest absolute Gasteiger partial charge is 0.244 e. The minimum absolute atomic E-state index is 0.169. The number of likely N-dealkylation sites (N-methyl/N-ethyl adjacent to an activating group) is 1. The van der Waals surface area contributed by atoms with Crippen molar-refractivity contribution in [2.24, 2.45) is 0 Å². The van der Waals surface area contributed by atoms with Gasteiger partial charge in [-0.05, 0) is 52.5 Å². The standard InChI is InChI=1S/C19H29N3O/c1-15-8-7-9-16(12-15)18(20(2)3)19(23)22-13-17(14-22)21-10-5-4-6-11-21/h7-9,12,17-18H,4-6,10-11,13-14H2,1-3H3/t18-/m0/s1. The van der Waals surface area contributed by atoms with E-state index in [1.807, 2.05) is 30.0 Å². The largest absolute Gasteiger partial charge is 0.338 e. The maximum absolute atomic E-state index is 13.0. The van der Waals surface area contributed by atoms with Crippen LogP contribution in [0.15, 0.2) is 24.3 Å². The summed E-state index contributed by atoms with van der Waals surface area (Å²) in [6.07, 6.45) is 3.99. The zero-order chi connectivity index (χ0) is 16.4. The number of nitrogens with zero attached hydrogens (tertiary/aromatic N) is 3. The predicted octanol–water partition coefficient (Wildman–Crippen LogP) is 2.29. The molecule has 1 amide bonds. The molecule has 0 saturated carbocycles. The van der Waals surface area contributed by atoms with E-state index in [0.29, 0.717) is 6.04 Å². The van der Waals surface area contributed by atoms with E-state index in [4.69, 9.17) is 0 Å². The Labute approximate surface area is 140 Å². The molecule has 1 atom stereocenters. The van der Waals surface area contributed by atoms with Crippen LogP contribution < -0.4 is 0 Å². The first kappa shape index (κ1) is 16.5. The molecule has 0 aromatic heterocycles. The van der Waals surface area contributed by atoms with Gasteiger partial charge in [-0.1, -0.05) is 36.2 Å². The summed E-state index contributed by atoms with van der Waals surface area (Å²) < 4.78 is 0. The molecule has 2 aliphatic heterocycles. The number of aryl methyl sites for hydroxylation is 1. The second kappa shape index (κ2) is 7.02. The lowest BCUT2D eigenvalue weighted by atomic mass is 9.98. The van der Waals surface area contributed by atoms with Crippen molar-refractivity contribution in [1.29, 1.82) is 0 Å². The molecule has 0 unspecified atom stereocenters. The van der Waals surface area contributed by atoms with Gasteiger partial charge in [0.2, 0.25) is 5.91 Å². The van der Waals surface area contributed by atoms with Gasteiger partial charge in [-0.2, -0.15) is 0 Å². The van der Waals surface area contributed by atoms with E-state index in [9.17, 15) is 4.79 Å². The molecular weight excluding hydrogens is 286 g/mol. The second-order valence-corrected chi connectivity index (χ2v) is 7.27. The molecule has 2 saturated heterocycles. The Bertz CT molecular complexity index is 545. The molecule has 2 aliphatic rings. The van der Waals surface area contributed by atoms with E-state index < -0.39 is 0 Å². The van der Waals surface area contributed by atoms with Gasteiger partial charge >= 0.3 is 0 Å². The average molecular weight is 315 g/mol. The molecule has 1 aromatic carbocycles. The zero-order valence-electron chi connectivity index (χ0n) is 14.7. The first-order valence-corrected chi connectivity index (χ1v) is 8.82. The number of carbonyl (C=O) groups is 1. The summed E-state index contributed by atoms with van der Waals surface area (Å²) in [5, 5.41) is 0. The molecule has 23 heavy (non-hydrogen) atoms. The van der Waals surface area contributed by atoms with Gasteiger partial charge in [0, 0.05) is 19.1 Å².